The van der Waals surface area contributed by atoms with Crippen LogP contribution < -0.4 is 5.56 Å². The van der Waals surface area contributed by atoms with Gasteiger partial charge in [0.25, 0.3) is 11.5 Å². The number of aromatic amines is 2. The van der Waals surface area contributed by atoms with Crippen LogP contribution in [0.1, 0.15) is 27.3 Å². The van der Waals surface area contributed by atoms with Crippen LogP contribution in [0.5, 0.6) is 0 Å². The van der Waals surface area contributed by atoms with Crippen molar-refractivity contribution >= 4 is 16.9 Å². The van der Waals surface area contributed by atoms with E-state index >= 15 is 0 Å². The molecule has 0 unspecified atom stereocenters. The lowest BCUT2D eigenvalue weighted by Crippen LogP contribution is -2.32. The molecule has 2 heterocycles. The fraction of sp³-hybridized carbons (Fsp3) is 0.182. The Labute approximate surface area is 167 Å². The molecule has 0 spiro atoms. The Hall–Kier alpha value is -3.74. The number of hydrogen-bond donors (Lipinski definition) is 2. The lowest BCUT2D eigenvalue weighted by Gasteiger charge is -2.15. The van der Waals surface area contributed by atoms with Crippen LogP contribution in [-0.2, 0) is 6.54 Å². The summed E-state index contributed by atoms with van der Waals surface area (Å²) in [4.78, 5) is 41.4. The Kier molecular flexibility index (Phi) is 4.72. The zero-order chi connectivity index (χ0) is 20.5. The van der Waals surface area contributed by atoms with Crippen molar-refractivity contribution in [2.45, 2.75) is 20.4 Å². The SMILES string of the molecule is Cc1ccc(-c2ncc(C(=O)N(C)Cc3nc4ccc(C)cc4[nH]3)c(=O)[nH]2)cc1. The predicted molar refractivity (Wildman–Crippen MR) is 112 cm³/mol. The molecule has 29 heavy (non-hydrogen) atoms. The topological polar surface area (TPSA) is 94.7 Å². The molecule has 4 rings (SSSR count). The second kappa shape index (κ2) is 7.35. The van der Waals surface area contributed by atoms with Gasteiger partial charge in [-0.15, -0.1) is 0 Å². The van der Waals surface area contributed by atoms with Crippen LogP contribution in [0.2, 0.25) is 0 Å². The first kappa shape index (κ1) is 18.6. The first-order valence-corrected chi connectivity index (χ1v) is 9.28. The van der Waals surface area contributed by atoms with Crippen LogP contribution in [0, 0.1) is 13.8 Å². The Balaban J connectivity index is 1.54. The second-order valence-corrected chi connectivity index (χ2v) is 7.21. The molecule has 2 N–H and O–H groups in total. The van der Waals surface area contributed by atoms with Gasteiger partial charge >= 0.3 is 0 Å². The third-order valence-corrected chi connectivity index (χ3v) is 4.77. The van der Waals surface area contributed by atoms with E-state index in [-0.39, 0.29) is 12.1 Å². The summed E-state index contributed by atoms with van der Waals surface area (Å²) in [6.45, 7) is 4.25. The van der Waals surface area contributed by atoms with Crippen molar-refractivity contribution in [3.05, 3.63) is 81.5 Å². The number of hydrogen-bond acceptors (Lipinski definition) is 4. The number of nitrogens with one attached hydrogen (secondary N) is 2. The fourth-order valence-corrected chi connectivity index (χ4v) is 3.16. The highest BCUT2D eigenvalue weighted by Gasteiger charge is 2.18. The monoisotopic (exact) mass is 387 g/mol. The minimum Gasteiger partial charge on any atom is -0.340 e. The van der Waals surface area contributed by atoms with E-state index in [0.29, 0.717) is 11.6 Å². The summed E-state index contributed by atoms with van der Waals surface area (Å²) in [7, 11) is 1.63. The number of H-pyrrole nitrogens is 2. The molecular formula is C22H21N5O2. The molecule has 0 radical (unpaired) electrons. The van der Waals surface area contributed by atoms with Gasteiger partial charge in [0.2, 0.25) is 0 Å². The van der Waals surface area contributed by atoms with Crippen molar-refractivity contribution in [2.24, 2.45) is 0 Å². The molecule has 2 aromatic heterocycles. The van der Waals surface area contributed by atoms with Gasteiger partial charge in [0.05, 0.1) is 17.6 Å². The zero-order valence-corrected chi connectivity index (χ0v) is 16.5. The average molecular weight is 387 g/mol. The van der Waals surface area contributed by atoms with E-state index in [2.05, 4.69) is 19.9 Å². The molecule has 2 aromatic carbocycles. The zero-order valence-electron chi connectivity index (χ0n) is 16.5. The van der Waals surface area contributed by atoms with Crippen molar-refractivity contribution in [3.8, 4) is 11.4 Å². The summed E-state index contributed by atoms with van der Waals surface area (Å²) in [6, 6.07) is 13.6. The van der Waals surface area contributed by atoms with E-state index in [1.807, 2.05) is 56.3 Å². The van der Waals surface area contributed by atoms with Gasteiger partial charge in [0, 0.05) is 18.8 Å². The van der Waals surface area contributed by atoms with Crippen LogP contribution in [-0.4, -0.2) is 37.8 Å². The van der Waals surface area contributed by atoms with Crippen molar-refractivity contribution < 1.29 is 4.79 Å². The summed E-state index contributed by atoms with van der Waals surface area (Å²) < 4.78 is 0. The van der Waals surface area contributed by atoms with Crippen LogP contribution in [0.15, 0.2) is 53.5 Å². The van der Waals surface area contributed by atoms with E-state index < -0.39 is 11.5 Å². The van der Waals surface area contributed by atoms with Gasteiger partial charge in [-0.1, -0.05) is 35.9 Å². The lowest BCUT2D eigenvalue weighted by atomic mass is 10.1. The van der Waals surface area contributed by atoms with Gasteiger partial charge in [0.15, 0.2) is 0 Å². The predicted octanol–water partition coefficient (Wildman–Crippen LogP) is 3.20. The van der Waals surface area contributed by atoms with Crippen molar-refractivity contribution in [3.63, 3.8) is 0 Å². The molecule has 0 bridgehead atoms. The van der Waals surface area contributed by atoms with E-state index in [1.54, 1.807) is 7.05 Å². The summed E-state index contributed by atoms with van der Waals surface area (Å²) in [5.74, 6) is 0.676. The largest absolute Gasteiger partial charge is 0.340 e. The maximum atomic E-state index is 12.8. The van der Waals surface area contributed by atoms with Crippen molar-refractivity contribution in [1.82, 2.24) is 24.8 Å². The van der Waals surface area contributed by atoms with Crippen LogP contribution in [0.4, 0.5) is 0 Å². The van der Waals surface area contributed by atoms with E-state index in [1.165, 1.54) is 11.1 Å². The quantitative estimate of drug-likeness (QED) is 0.562. The fourth-order valence-electron chi connectivity index (χ4n) is 3.16. The number of amides is 1. The summed E-state index contributed by atoms with van der Waals surface area (Å²) in [5.41, 5.74) is 4.32. The molecule has 146 valence electrons. The number of fused-ring (bicyclic) bond motifs is 1. The number of carbonyl (C=O) groups is 1. The molecule has 7 heteroatoms. The normalized spacial score (nSPS) is 11.0. The number of carbonyl (C=O) groups excluding carboxylic acids is 1. The standard InChI is InChI=1S/C22H21N5O2/c1-13-4-7-15(8-5-13)20-23-11-16(21(28)26-20)22(29)27(3)12-19-24-17-9-6-14(2)10-18(17)25-19/h4-11H,12H2,1-3H3,(H,24,25)(H,23,26,28). The number of benzene rings is 2. The van der Waals surface area contributed by atoms with E-state index in [0.717, 1.165) is 27.7 Å². The van der Waals surface area contributed by atoms with Gasteiger partial charge in [0.1, 0.15) is 17.2 Å². The van der Waals surface area contributed by atoms with Gasteiger partial charge in [-0.3, -0.25) is 9.59 Å². The number of aromatic nitrogens is 4. The highest BCUT2D eigenvalue weighted by atomic mass is 16.2. The average Bonchev–Trinajstić information content (AvgIpc) is 3.09. The maximum Gasteiger partial charge on any atom is 0.264 e. The molecule has 0 aliphatic carbocycles. The van der Waals surface area contributed by atoms with Gasteiger partial charge < -0.3 is 14.9 Å². The third kappa shape index (κ3) is 3.80. The van der Waals surface area contributed by atoms with Crippen LogP contribution in [0.3, 0.4) is 0 Å². The minimum absolute atomic E-state index is 0.00434. The van der Waals surface area contributed by atoms with Crippen LogP contribution in [0.25, 0.3) is 22.4 Å². The van der Waals surface area contributed by atoms with Crippen molar-refractivity contribution in [1.29, 1.82) is 0 Å². The Morgan fingerprint density at radius 3 is 2.48 bits per heavy atom. The minimum atomic E-state index is -0.465. The first-order chi connectivity index (χ1) is 13.9. The maximum absolute atomic E-state index is 12.8. The Morgan fingerprint density at radius 1 is 1.03 bits per heavy atom. The third-order valence-electron chi connectivity index (χ3n) is 4.77. The summed E-state index contributed by atoms with van der Waals surface area (Å²) in [6.07, 6.45) is 1.33. The highest BCUT2D eigenvalue weighted by molar-refractivity contribution is 5.93. The molecule has 0 fully saturated rings. The number of aryl methyl sites for hydroxylation is 2. The Morgan fingerprint density at radius 2 is 1.76 bits per heavy atom. The molecule has 4 aromatic rings. The Bertz CT molecular complexity index is 1250. The summed E-state index contributed by atoms with van der Waals surface area (Å²) >= 11 is 0. The molecule has 7 nitrogen and oxygen atoms in total. The first-order valence-electron chi connectivity index (χ1n) is 9.28. The molecule has 0 aliphatic rings. The molecule has 0 saturated carbocycles. The molecular weight excluding hydrogens is 366 g/mol. The number of nitrogens with zero attached hydrogens (tertiary/aromatic N) is 3. The molecule has 0 atom stereocenters. The molecule has 0 saturated heterocycles. The number of imidazole rings is 1. The lowest BCUT2D eigenvalue weighted by molar-refractivity contribution is 0.0779. The second-order valence-electron chi connectivity index (χ2n) is 7.21. The van der Waals surface area contributed by atoms with E-state index in [4.69, 9.17) is 0 Å². The highest BCUT2D eigenvalue weighted by Crippen LogP contribution is 2.16. The smallest absolute Gasteiger partial charge is 0.264 e. The summed E-state index contributed by atoms with van der Waals surface area (Å²) in [5, 5.41) is 0. The van der Waals surface area contributed by atoms with Gasteiger partial charge in [-0.2, -0.15) is 0 Å². The van der Waals surface area contributed by atoms with E-state index in [9.17, 15) is 9.59 Å². The molecule has 0 aliphatic heterocycles. The molecule has 1 amide bonds. The van der Waals surface area contributed by atoms with Crippen molar-refractivity contribution in [2.75, 3.05) is 7.05 Å². The van der Waals surface area contributed by atoms with Gasteiger partial charge in [-0.25, -0.2) is 9.97 Å². The van der Waals surface area contributed by atoms with Crippen LogP contribution >= 0.6 is 0 Å². The van der Waals surface area contributed by atoms with Gasteiger partial charge in [-0.05, 0) is 31.5 Å². The number of rotatable bonds is 4.